The highest BCUT2D eigenvalue weighted by Gasteiger charge is 2.41. The van der Waals surface area contributed by atoms with E-state index in [9.17, 15) is 9.59 Å². The number of nitrogens with zero attached hydrogens (tertiary/aromatic N) is 1. The Balaban J connectivity index is 1.92. The number of esters is 1. The number of carbonyl (C=O) groups is 2. The highest BCUT2D eigenvalue weighted by Crippen LogP contribution is 2.35. The van der Waals surface area contributed by atoms with Crippen LogP contribution in [0.15, 0.2) is 48.5 Å². The monoisotopic (exact) mass is 325 g/mol. The summed E-state index contributed by atoms with van der Waals surface area (Å²) in [6, 6.07) is 13.9. The third kappa shape index (κ3) is 2.85. The van der Waals surface area contributed by atoms with Gasteiger partial charge in [-0.1, -0.05) is 30.3 Å². The van der Waals surface area contributed by atoms with E-state index < -0.39 is 12.0 Å². The number of hydrogen-bond donors (Lipinski definition) is 0. The van der Waals surface area contributed by atoms with E-state index in [1.165, 1.54) is 0 Å². The van der Waals surface area contributed by atoms with Gasteiger partial charge >= 0.3 is 5.97 Å². The van der Waals surface area contributed by atoms with Gasteiger partial charge in [-0.25, -0.2) is 4.79 Å². The Morgan fingerprint density at radius 2 is 1.83 bits per heavy atom. The lowest BCUT2D eigenvalue weighted by Gasteiger charge is -2.24. The van der Waals surface area contributed by atoms with Crippen molar-refractivity contribution in [3.8, 4) is 5.75 Å². The van der Waals surface area contributed by atoms with Crippen molar-refractivity contribution < 1.29 is 19.1 Å². The molecule has 0 bridgehead atoms. The molecule has 1 aliphatic rings. The molecule has 0 spiro atoms. The third-order valence-corrected chi connectivity index (χ3v) is 4.08. The molecule has 0 saturated carbocycles. The Morgan fingerprint density at radius 1 is 1.12 bits per heavy atom. The van der Waals surface area contributed by atoms with Crippen LogP contribution in [0, 0.1) is 0 Å². The quantitative estimate of drug-likeness (QED) is 0.793. The molecule has 1 heterocycles. The molecule has 5 heteroatoms. The van der Waals surface area contributed by atoms with Gasteiger partial charge in [-0.2, -0.15) is 0 Å². The van der Waals surface area contributed by atoms with Crippen molar-refractivity contribution in [3.63, 3.8) is 0 Å². The number of fused-ring (bicyclic) bond motifs is 1. The van der Waals surface area contributed by atoms with Crippen LogP contribution in [0.3, 0.4) is 0 Å². The molecule has 0 aliphatic carbocycles. The second kappa shape index (κ2) is 6.74. The van der Waals surface area contributed by atoms with Crippen molar-refractivity contribution in [3.05, 3.63) is 65.2 Å². The van der Waals surface area contributed by atoms with Gasteiger partial charge in [0.2, 0.25) is 0 Å². The molecule has 24 heavy (non-hydrogen) atoms. The van der Waals surface area contributed by atoms with Gasteiger partial charge in [-0.05, 0) is 36.2 Å². The molecule has 124 valence electrons. The van der Waals surface area contributed by atoms with Gasteiger partial charge in [0.1, 0.15) is 5.75 Å². The highest BCUT2D eigenvalue weighted by molar-refractivity contribution is 6.03. The van der Waals surface area contributed by atoms with E-state index in [0.717, 1.165) is 11.3 Å². The second-order valence-corrected chi connectivity index (χ2v) is 5.52. The number of benzene rings is 2. The standard InChI is InChI=1S/C19H19NO4/c1-3-24-19(22)17-15-6-4-5-7-16(15)18(21)20(17)12-13-8-10-14(23-2)11-9-13/h4-11,17H,3,12H2,1-2H3/t17-/m0/s1. The maximum Gasteiger partial charge on any atom is 0.333 e. The largest absolute Gasteiger partial charge is 0.497 e. The molecule has 1 amide bonds. The Labute approximate surface area is 140 Å². The first-order chi connectivity index (χ1) is 11.7. The summed E-state index contributed by atoms with van der Waals surface area (Å²) in [7, 11) is 1.60. The van der Waals surface area contributed by atoms with Crippen LogP contribution < -0.4 is 4.74 Å². The van der Waals surface area contributed by atoms with Crippen LogP contribution in [-0.2, 0) is 16.1 Å². The number of rotatable bonds is 5. The number of methoxy groups -OCH3 is 1. The molecule has 0 fully saturated rings. The minimum absolute atomic E-state index is 0.153. The van der Waals surface area contributed by atoms with E-state index in [0.29, 0.717) is 17.7 Å². The van der Waals surface area contributed by atoms with Crippen LogP contribution in [0.2, 0.25) is 0 Å². The Morgan fingerprint density at radius 3 is 2.50 bits per heavy atom. The summed E-state index contributed by atoms with van der Waals surface area (Å²) in [4.78, 5) is 26.7. The van der Waals surface area contributed by atoms with Gasteiger partial charge in [0, 0.05) is 12.1 Å². The Kier molecular flexibility index (Phi) is 4.51. The molecular weight excluding hydrogens is 306 g/mol. The predicted octanol–water partition coefficient (Wildman–Crippen LogP) is 2.96. The van der Waals surface area contributed by atoms with Crippen molar-refractivity contribution in [2.75, 3.05) is 13.7 Å². The molecule has 0 aromatic heterocycles. The molecule has 0 N–H and O–H groups in total. The predicted molar refractivity (Wildman–Crippen MR) is 88.7 cm³/mol. The van der Waals surface area contributed by atoms with E-state index in [-0.39, 0.29) is 12.5 Å². The van der Waals surface area contributed by atoms with E-state index in [2.05, 4.69) is 0 Å². The molecule has 1 aliphatic heterocycles. The minimum Gasteiger partial charge on any atom is -0.497 e. The van der Waals surface area contributed by atoms with E-state index >= 15 is 0 Å². The molecular formula is C19H19NO4. The van der Waals surface area contributed by atoms with Gasteiger partial charge in [0.25, 0.3) is 5.91 Å². The summed E-state index contributed by atoms with van der Waals surface area (Å²) in [5.41, 5.74) is 2.18. The fourth-order valence-electron chi connectivity index (χ4n) is 2.94. The molecule has 2 aromatic rings. The average molecular weight is 325 g/mol. The minimum atomic E-state index is -0.698. The van der Waals surface area contributed by atoms with E-state index in [4.69, 9.17) is 9.47 Å². The summed E-state index contributed by atoms with van der Waals surface area (Å²) < 4.78 is 10.3. The lowest BCUT2D eigenvalue weighted by Crippen LogP contribution is -2.33. The normalized spacial score (nSPS) is 16.0. The van der Waals surface area contributed by atoms with Crippen molar-refractivity contribution >= 4 is 11.9 Å². The van der Waals surface area contributed by atoms with Gasteiger partial charge in [-0.3, -0.25) is 4.79 Å². The molecule has 2 aromatic carbocycles. The number of ether oxygens (including phenoxy) is 2. The topological polar surface area (TPSA) is 55.8 Å². The summed E-state index contributed by atoms with van der Waals surface area (Å²) in [6.45, 7) is 2.37. The van der Waals surface area contributed by atoms with Crippen LogP contribution in [0.25, 0.3) is 0 Å². The summed E-state index contributed by atoms with van der Waals surface area (Å²) in [5.74, 6) is 0.195. The van der Waals surface area contributed by atoms with Gasteiger partial charge < -0.3 is 14.4 Å². The maximum atomic E-state index is 12.7. The highest BCUT2D eigenvalue weighted by atomic mass is 16.5. The van der Waals surface area contributed by atoms with Crippen molar-refractivity contribution in [2.24, 2.45) is 0 Å². The molecule has 3 rings (SSSR count). The first-order valence-electron chi connectivity index (χ1n) is 7.85. The molecule has 5 nitrogen and oxygen atoms in total. The van der Waals surface area contributed by atoms with Crippen molar-refractivity contribution in [1.82, 2.24) is 4.90 Å². The maximum absolute atomic E-state index is 12.7. The molecule has 1 atom stereocenters. The second-order valence-electron chi connectivity index (χ2n) is 5.52. The first-order valence-corrected chi connectivity index (χ1v) is 7.85. The number of amides is 1. The fourth-order valence-corrected chi connectivity index (χ4v) is 2.94. The summed E-state index contributed by atoms with van der Waals surface area (Å²) in [6.07, 6.45) is 0. The fraction of sp³-hybridized carbons (Fsp3) is 0.263. The van der Waals surface area contributed by atoms with Crippen LogP contribution >= 0.6 is 0 Å². The SMILES string of the molecule is CCOC(=O)[C@@H]1c2ccccc2C(=O)N1Cc1ccc(OC)cc1. The zero-order chi connectivity index (χ0) is 17.1. The lowest BCUT2D eigenvalue weighted by molar-refractivity contribution is -0.148. The van der Waals surface area contributed by atoms with E-state index in [1.807, 2.05) is 36.4 Å². The number of hydrogen-bond acceptors (Lipinski definition) is 4. The van der Waals surface area contributed by atoms with Crippen molar-refractivity contribution in [2.45, 2.75) is 19.5 Å². The van der Waals surface area contributed by atoms with Crippen molar-refractivity contribution in [1.29, 1.82) is 0 Å². The molecule has 0 unspecified atom stereocenters. The van der Waals surface area contributed by atoms with Crippen LogP contribution in [-0.4, -0.2) is 30.5 Å². The first kappa shape index (κ1) is 16.1. The van der Waals surface area contributed by atoms with Crippen LogP contribution in [0.4, 0.5) is 0 Å². The van der Waals surface area contributed by atoms with Gasteiger partial charge in [0.05, 0.1) is 13.7 Å². The Hall–Kier alpha value is -2.82. The van der Waals surface area contributed by atoms with Crippen LogP contribution in [0.1, 0.15) is 34.5 Å². The number of carbonyl (C=O) groups excluding carboxylic acids is 2. The smallest absolute Gasteiger partial charge is 0.333 e. The average Bonchev–Trinajstić information content (AvgIpc) is 2.88. The van der Waals surface area contributed by atoms with Gasteiger partial charge in [0.15, 0.2) is 6.04 Å². The summed E-state index contributed by atoms with van der Waals surface area (Å²) in [5, 5.41) is 0. The summed E-state index contributed by atoms with van der Waals surface area (Å²) >= 11 is 0. The molecule has 0 radical (unpaired) electrons. The van der Waals surface area contributed by atoms with Crippen LogP contribution in [0.5, 0.6) is 5.75 Å². The Bertz CT molecular complexity index is 754. The lowest BCUT2D eigenvalue weighted by atomic mass is 10.0. The van der Waals surface area contributed by atoms with E-state index in [1.54, 1.807) is 31.1 Å². The third-order valence-electron chi connectivity index (χ3n) is 4.08. The van der Waals surface area contributed by atoms with Gasteiger partial charge in [-0.15, -0.1) is 0 Å². The molecule has 0 saturated heterocycles. The zero-order valence-corrected chi connectivity index (χ0v) is 13.7. The zero-order valence-electron chi connectivity index (χ0n) is 13.7.